The number of hydrogen-bond acceptors (Lipinski definition) is 12. The molecule has 17 nitrogen and oxygen atoms in total. The molecule has 0 aromatic rings. The molecule has 0 bridgehead atoms. The smallest absolute Gasteiger partial charge is 0.244 e. The number of nitrogens with one attached hydrogen (secondary N) is 6. The van der Waals surface area contributed by atoms with Crippen molar-refractivity contribution in [3.63, 3.8) is 0 Å². The maximum atomic E-state index is 13.2. The van der Waals surface area contributed by atoms with Gasteiger partial charge in [0.05, 0.1) is 18.6 Å². The number of amides is 5. The van der Waals surface area contributed by atoms with Crippen molar-refractivity contribution in [2.45, 2.75) is 95.2 Å². The van der Waals surface area contributed by atoms with E-state index in [9.17, 15) is 39.3 Å². The zero-order chi connectivity index (χ0) is 32.0. The van der Waals surface area contributed by atoms with E-state index in [0.29, 0.717) is 6.54 Å². The van der Waals surface area contributed by atoms with Crippen LogP contribution in [0.25, 0.3) is 0 Å². The Bertz CT molecular complexity index is 909. The summed E-state index contributed by atoms with van der Waals surface area (Å²) in [6, 6.07) is -3.19. The van der Waals surface area contributed by atoms with Gasteiger partial charge >= 0.3 is 0 Å². The third-order valence-corrected chi connectivity index (χ3v) is 6.65. The lowest BCUT2D eigenvalue weighted by molar-refractivity contribution is -0.134. The topological polar surface area (TPSA) is 274 Å². The van der Waals surface area contributed by atoms with Crippen molar-refractivity contribution < 1.29 is 49.1 Å². The van der Waals surface area contributed by atoms with Crippen LogP contribution in [-0.2, 0) is 28.7 Å². The first-order chi connectivity index (χ1) is 19.7. The van der Waals surface area contributed by atoms with Gasteiger partial charge in [0, 0.05) is 19.5 Å². The summed E-state index contributed by atoms with van der Waals surface area (Å²) in [5, 5.41) is 55.0. The number of hydrogen-bond donors (Lipinski definition) is 11. The Morgan fingerprint density at radius 2 is 1.55 bits per heavy atom. The van der Waals surface area contributed by atoms with E-state index in [2.05, 4.69) is 31.9 Å². The second kappa shape index (κ2) is 18.6. The van der Waals surface area contributed by atoms with E-state index in [-0.39, 0.29) is 32.2 Å². The van der Waals surface area contributed by atoms with Crippen molar-refractivity contribution in [3.05, 3.63) is 0 Å². The quantitative estimate of drug-likeness (QED) is 0.0617. The number of aliphatic hydroxyl groups excluding tert-OH is 4. The zero-order valence-electron chi connectivity index (χ0n) is 24.5. The summed E-state index contributed by atoms with van der Waals surface area (Å²) in [5.41, 5.74) is 5.13. The van der Waals surface area contributed by atoms with Crippen LogP contribution in [0.3, 0.4) is 0 Å². The van der Waals surface area contributed by atoms with Crippen molar-refractivity contribution in [2.75, 3.05) is 26.9 Å². The summed E-state index contributed by atoms with van der Waals surface area (Å²) in [5.74, 6) is -3.50. The maximum Gasteiger partial charge on any atom is 0.244 e. The van der Waals surface area contributed by atoms with Gasteiger partial charge in [-0.15, -0.1) is 0 Å². The molecule has 1 aliphatic heterocycles. The van der Waals surface area contributed by atoms with Crippen LogP contribution in [0.2, 0.25) is 0 Å². The summed E-state index contributed by atoms with van der Waals surface area (Å²) in [6.45, 7) is 4.42. The lowest BCUT2D eigenvalue weighted by Crippen LogP contribution is -2.58. The zero-order valence-corrected chi connectivity index (χ0v) is 24.5. The molecular formula is C25H47N7O10. The lowest BCUT2D eigenvalue weighted by atomic mass is 10.0. The van der Waals surface area contributed by atoms with Gasteiger partial charge in [0.2, 0.25) is 29.5 Å². The first-order valence-corrected chi connectivity index (χ1v) is 13.9. The summed E-state index contributed by atoms with van der Waals surface area (Å²) >= 11 is 0. The average molecular weight is 606 g/mol. The summed E-state index contributed by atoms with van der Waals surface area (Å²) in [7, 11) is 1.66. The molecule has 242 valence electrons. The van der Waals surface area contributed by atoms with Crippen LogP contribution >= 0.6 is 0 Å². The predicted molar refractivity (Wildman–Crippen MR) is 148 cm³/mol. The second-order valence-electron chi connectivity index (χ2n) is 10.5. The van der Waals surface area contributed by atoms with E-state index >= 15 is 0 Å². The molecule has 42 heavy (non-hydrogen) atoms. The van der Waals surface area contributed by atoms with E-state index in [1.54, 1.807) is 20.9 Å². The van der Waals surface area contributed by atoms with E-state index in [1.165, 1.54) is 6.92 Å². The maximum absolute atomic E-state index is 13.2. The highest BCUT2D eigenvalue weighted by Crippen LogP contribution is 2.23. The van der Waals surface area contributed by atoms with E-state index in [0.717, 1.165) is 0 Å². The van der Waals surface area contributed by atoms with Gasteiger partial charge in [-0.2, -0.15) is 0 Å². The summed E-state index contributed by atoms with van der Waals surface area (Å²) < 4.78 is 5.47. The number of ether oxygens (including phenoxy) is 1. The molecule has 1 rings (SSSR count). The van der Waals surface area contributed by atoms with Crippen LogP contribution in [-0.4, -0.2) is 126 Å². The standard InChI is InChI=1S/C25H47N7O10/c1-12(2)20(25(41)30-13(3)23(39)29-11-33)32-24(40)14(31-19(36)7-8-27-4)5-6-18(35)28-10-16-22(38)21(37)15(42-16)9-17(26)34/h12-16,18,20-22,27-28,33,35,37-38H,5-11H2,1-4H3,(H2,26,34)(H,29,39)(H,30,41)(H,31,36)(H,32,40)/t13-,14-,15-,16+,18?,20-,21-,22+/m0/s1. The molecule has 0 radical (unpaired) electrons. The van der Waals surface area contributed by atoms with E-state index in [1.807, 2.05) is 0 Å². The van der Waals surface area contributed by atoms with Crippen LogP contribution < -0.4 is 37.6 Å². The average Bonchev–Trinajstić information content (AvgIpc) is 3.18. The van der Waals surface area contributed by atoms with Gasteiger partial charge in [0.25, 0.3) is 0 Å². The van der Waals surface area contributed by atoms with Gasteiger partial charge in [-0.3, -0.25) is 29.3 Å². The molecule has 8 atom stereocenters. The Hall–Kier alpha value is -2.93. The Morgan fingerprint density at radius 1 is 0.905 bits per heavy atom. The van der Waals surface area contributed by atoms with E-state index < -0.39 is 91.0 Å². The van der Waals surface area contributed by atoms with Crippen molar-refractivity contribution >= 4 is 29.5 Å². The number of nitrogens with two attached hydrogens (primary N) is 1. The molecule has 1 unspecified atom stereocenters. The van der Waals surface area contributed by atoms with Crippen molar-refractivity contribution in [1.82, 2.24) is 31.9 Å². The van der Waals surface area contributed by atoms with Crippen LogP contribution in [0.5, 0.6) is 0 Å². The molecule has 1 heterocycles. The third-order valence-electron chi connectivity index (χ3n) is 6.65. The fraction of sp³-hybridized carbons (Fsp3) is 0.800. The van der Waals surface area contributed by atoms with Crippen molar-refractivity contribution in [1.29, 1.82) is 0 Å². The second-order valence-corrected chi connectivity index (χ2v) is 10.5. The number of primary amides is 1. The summed E-state index contributed by atoms with van der Waals surface area (Å²) in [4.78, 5) is 61.5. The summed E-state index contributed by atoms with van der Waals surface area (Å²) in [6.07, 6.45) is -6.11. The highest BCUT2D eigenvalue weighted by molar-refractivity contribution is 5.94. The van der Waals surface area contributed by atoms with Gasteiger partial charge in [-0.05, 0) is 32.7 Å². The number of carbonyl (C=O) groups excluding carboxylic acids is 5. The normalized spacial score (nSPS) is 23.0. The fourth-order valence-corrected chi connectivity index (χ4v) is 4.20. The lowest BCUT2D eigenvalue weighted by Gasteiger charge is -2.27. The molecule has 0 aromatic heterocycles. The SMILES string of the molecule is CNCCC(=O)N[C@@H](CCC(O)NC[C@H]1O[C@@H](CC(N)=O)[C@H](O)[C@@H]1O)C(=O)N[C@H](C(=O)N[C@@H](C)C(=O)NCO)C(C)C. The molecule has 0 aromatic carbocycles. The minimum atomic E-state index is -1.33. The minimum Gasteiger partial charge on any atom is -0.388 e. The molecule has 0 spiro atoms. The molecule has 1 saturated heterocycles. The van der Waals surface area contributed by atoms with Gasteiger partial charge in [0.1, 0.15) is 43.3 Å². The molecule has 0 aliphatic carbocycles. The van der Waals surface area contributed by atoms with Gasteiger partial charge in [-0.1, -0.05) is 13.8 Å². The predicted octanol–water partition coefficient (Wildman–Crippen LogP) is -5.16. The van der Waals surface area contributed by atoms with E-state index in [4.69, 9.17) is 15.6 Å². The number of rotatable bonds is 19. The van der Waals surface area contributed by atoms with Crippen LogP contribution in [0.4, 0.5) is 0 Å². The van der Waals surface area contributed by atoms with Gasteiger partial charge in [-0.25, -0.2) is 0 Å². The number of aliphatic hydroxyl groups is 4. The Morgan fingerprint density at radius 3 is 2.12 bits per heavy atom. The largest absolute Gasteiger partial charge is 0.388 e. The Labute approximate surface area is 244 Å². The van der Waals surface area contributed by atoms with Crippen molar-refractivity contribution in [3.8, 4) is 0 Å². The van der Waals surface area contributed by atoms with Gasteiger partial charge in [0.15, 0.2) is 0 Å². The first-order valence-electron chi connectivity index (χ1n) is 13.9. The number of carbonyl (C=O) groups is 5. The molecule has 12 N–H and O–H groups in total. The Balaban J connectivity index is 2.83. The highest BCUT2D eigenvalue weighted by Gasteiger charge is 2.43. The molecule has 0 saturated carbocycles. The minimum absolute atomic E-state index is 0.0443. The van der Waals surface area contributed by atoms with Crippen LogP contribution in [0, 0.1) is 5.92 Å². The monoisotopic (exact) mass is 605 g/mol. The fourth-order valence-electron chi connectivity index (χ4n) is 4.20. The van der Waals surface area contributed by atoms with Crippen molar-refractivity contribution in [2.24, 2.45) is 11.7 Å². The molecular weight excluding hydrogens is 558 g/mol. The molecule has 17 heteroatoms. The van der Waals surface area contributed by atoms with Gasteiger partial charge < -0.3 is 57.5 Å². The Kier molecular flexibility index (Phi) is 16.4. The highest BCUT2D eigenvalue weighted by atomic mass is 16.5. The first kappa shape index (κ1) is 37.1. The molecule has 1 aliphatic rings. The van der Waals surface area contributed by atoms with Crippen LogP contribution in [0.15, 0.2) is 0 Å². The molecule has 1 fully saturated rings. The third kappa shape index (κ3) is 12.5. The molecule has 5 amide bonds. The van der Waals surface area contributed by atoms with Crippen LogP contribution in [0.1, 0.15) is 46.5 Å².